The van der Waals surface area contributed by atoms with Crippen molar-refractivity contribution < 1.29 is 18.8 Å². The van der Waals surface area contributed by atoms with Crippen molar-refractivity contribution in [2.45, 2.75) is 25.5 Å². The smallest absolute Gasteiger partial charge is 0.276 e. The van der Waals surface area contributed by atoms with Crippen LogP contribution in [0.15, 0.2) is 45.7 Å². The van der Waals surface area contributed by atoms with E-state index in [9.17, 15) is 9.90 Å². The largest absolute Gasteiger partial charge is 0.448 e. The fourth-order valence-corrected chi connectivity index (χ4v) is 2.68. The molecule has 8 nitrogen and oxygen atoms in total. The molecule has 0 saturated carbocycles. The van der Waals surface area contributed by atoms with E-state index in [4.69, 9.17) is 8.94 Å². The molecule has 25 heavy (non-hydrogen) atoms. The number of hydrogen-bond donors (Lipinski definition) is 1. The Morgan fingerprint density at radius 1 is 1.40 bits per heavy atom. The van der Waals surface area contributed by atoms with Crippen molar-refractivity contribution in [3.63, 3.8) is 0 Å². The molecule has 0 spiro atoms. The SMILES string of the molecule is CC1C(O)CN1C(=O)c1coc(Cc2cc(-c3ccccn3)no2)n1. The number of aliphatic hydroxyl groups is 1. The lowest BCUT2D eigenvalue weighted by Gasteiger charge is -2.42. The van der Waals surface area contributed by atoms with Gasteiger partial charge < -0.3 is 18.9 Å². The van der Waals surface area contributed by atoms with E-state index < -0.39 is 6.10 Å². The number of rotatable bonds is 4. The Labute approximate surface area is 143 Å². The lowest BCUT2D eigenvalue weighted by Crippen LogP contribution is -2.60. The lowest BCUT2D eigenvalue weighted by atomic mass is 10.0. The van der Waals surface area contributed by atoms with Crippen molar-refractivity contribution in [3.05, 3.63) is 54.1 Å². The maximum atomic E-state index is 12.3. The number of aromatic nitrogens is 3. The maximum absolute atomic E-state index is 12.3. The van der Waals surface area contributed by atoms with Crippen molar-refractivity contribution >= 4 is 5.91 Å². The third-order valence-electron chi connectivity index (χ3n) is 4.28. The van der Waals surface area contributed by atoms with Gasteiger partial charge in [0.25, 0.3) is 5.91 Å². The topological polar surface area (TPSA) is 105 Å². The molecule has 0 bridgehead atoms. The Balaban J connectivity index is 1.45. The molecular formula is C17H16N4O4. The Hall–Kier alpha value is -3.00. The maximum Gasteiger partial charge on any atom is 0.276 e. The molecule has 1 amide bonds. The summed E-state index contributed by atoms with van der Waals surface area (Å²) in [6, 6.07) is 7.10. The zero-order valence-corrected chi connectivity index (χ0v) is 13.5. The summed E-state index contributed by atoms with van der Waals surface area (Å²) < 4.78 is 10.6. The van der Waals surface area contributed by atoms with E-state index in [1.54, 1.807) is 24.1 Å². The van der Waals surface area contributed by atoms with Gasteiger partial charge in [0.05, 0.1) is 24.3 Å². The Bertz CT molecular complexity index is 889. The highest BCUT2D eigenvalue weighted by Gasteiger charge is 2.38. The summed E-state index contributed by atoms with van der Waals surface area (Å²) in [5.41, 5.74) is 1.56. The second-order valence-corrected chi connectivity index (χ2v) is 5.96. The molecular weight excluding hydrogens is 324 g/mol. The number of oxazole rings is 1. The number of amides is 1. The number of carbonyl (C=O) groups is 1. The highest BCUT2D eigenvalue weighted by Crippen LogP contribution is 2.22. The Morgan fingerprint density at radius 2 is 2.28 bits per heavy atom. The second-order valence-electron chi connectivity index (χ2n) is 5.96. The van der Waals surface area contributed by atoms with Crippen LogP contribution in [0.3, 0.4) is 0 Å². The molecule has 1 N–H and O–H groups in total. The summed E-state index contributed by atoms with van der Waals surface area (Å²) >= 11 is 0. The average Bonchev–Trinajstić information content (AvgIpc) is 3.29. The molecule has 1 saturated heterocycles. The minimum Gasteiger partial charge on any atom is -0.448 e. The molecule has 0 radical (unpaired) electrons. The first-order valence-electron chi connectivity index (χ1n) is 7.92. The molecule has 4 heterocycles. The van der Waals surface area contributed by atoms with Crippen molar-refractivity contribution in [3.8, 4) is 11.4 Å². The number of pyridine rings is 1. The normalized spacial score (nSPS) is 19.7. The summed E-state index contributed by atoms with van der Waals surface area (Å²) in [5, 5.41) is 13.5. The van der Waals surface area contributed by atoms with Gasteiger partial charge in [-0.05, 0) is 19.1 Å². The lowest BCUT2D eigenvalue weighted by molar-refractivity contribution is -0.0360. The first-order chi connectivity index (χ1) is 12.1. The molecule has 128 valence electrons. The monoisotopic (exact) mass is 340 g/mol. The van der Waals surface area contributed by atoms with E-state index in [2.05, 4.69) is 15.1 Å². The molecule has 2 atom stereocenters. The van der Waals surface area contributed by atoms with E-state index in [1.165, 1.54) is 6.26 Å². The van der Waals surface area contributed by atoms with Gasteiger partial charge in [-0.25, -0.2) is 4.98 Å². The summed E-state index contributed by atoms with van der Waals surface area (Å²) in [6.07, 6.45) is 2.81. The first kappa shape index (κ1) is 15.5. The predicted octanol–water partition coefficient (Wildman–Crippen LogP) is 1.52. The van der Waals surface area contributed by atoms with Crippen LogP contribution in [0.1, 0.15) is 29.1 Å². The summed E-state index contributed by atoms with van der Waals surface area (Å²) in [7, 11) is 0. The van der Waals surface area contributed by atoms with Crippen LogP contribution in [0.4, 0.5) is 0 Å². The van der Waals surface area contributed by atoms with Gasteiger partial charge in [0.15, 0.2) is 5.69 Å². The second kappa shape index (κ2) is 6.14. The van der Waals surface area contributed by atoms with E-state index in [0.717, 1.165) is 0 Å². The molecule has 1 aliphatic rings. The van der Waals surface area contributed by atoms with Crippen molar-refractivity contribution in [1.29, 1.82) is 0 Å². The van der Waals surface area contributed by atoms with Crippen LogP contribution in [0, 0.1) is 0 Å². The zero-order valence-electron chi connectivity index (χ0n) is 13.5. The standard InChI is InChI=1S/C17H16N4O4/c1-10-15(22)8-21(10)17(23)14-9-24-16(19-14)7-11-6-13(20-25-11)12-4-2-3-5-18-12/h2-6,9-10,15,22H,7-8H2,1H3. The summed E-state index contributed by atoms with van der Waals surface area (Å²) in [6.45, 7) is 2.11. The third kappa shape index (κ3) is 2.91. The number of nitrogens with zero attached hydrogens (tertiary/aromatic N) is 4. The minimum atomic E-state index is -0.477. The molecule has 1 aliphatic heterocycles. The number of aliphatic hydroxyl groups excluding tert-OH is 1. The number of hydrogen-bond acceptors (Lipinski definition) is 7. The fourth-order valence-electron chi connectivity index (χ4n) is 2.68. The fraction of sp³-hybridized carbons (Fsp3) is 0.294. The van der Waals surface area contributed by atoms with Gasteiger partial charge in [0, 0.05) is 18.8 Å². The highest BCUT2D eigenvalue weighted by molar-refractivity contribution is 5.92. The van der Waals surface area contributed by atoms with Crippen LogP contribution in [0.5, 0.6) is 0 Å². The average molecular weight is 340 g/mol. The Morgan fingerprint density at radius 3 is 3.00 bits per heavy atom. The van der Waals surface area contributed by atoms with Crippen LogP contribution in [-0.2, 0) is 6.42 Å². The molecule has 3 aromatic heterocycles. The molecule has 3 aromatic rings. The van der Waals surface area contributed by atoms with Gasteiger partial charge in [0.2, 0.25) is 5.89 Å². The Kier molecular flexibility index (Phi) is 3.81. The quantitative estimate of drug-likeness (QED) is 0.767. The number of β-amino-alcohol motifs (C(OH)–C–C–N with tert-alkyl or cyclic N) is 1. The number of likely N-dealkylation sites (tertiary alicyclic amines) is 1. The van der Waals surface area contributed by atoms with Crippen LogP contribution >= 0.6 is 0 Å². The van der Waals surface area contributed by atoms with E-state index in [1.807, 2.05) is 18.2 Å². The molecule has 0 aliphatic carbocycles. The van der Waals surface area contributed by atoms with Crippen LogP contribution < -0.4 is 0 Å². The van der Waals surface area contributed by atoms with E-state index in [0.29, 0.717) is 29.6 Å². The molecule has 2 unspecified atom stereocenters. The number of carbonyl (C=O) groups excluding carboxylic acids is 1. The summed E-state index contributed by atoms with van der Waals surface area (Å²) in [5.74, 6) is 0.676. The minimum absolute atomic E-state index is 0.206. The van der Waals surface area contributed by atoms with Gasteiger partial charge in [-0.3, -0.25) is 9.78 Å². The van der Waals surface area contributed by atoms with Gasteiger partial charge in [-0.1, -0.05) is 11.2 Å². The van der Waals surface area contributed by atoms with E-state index >= 15 is 0 Å². The van der Waals surface area contributed by atoms with Gasteiger partial charge in [-0.15, -0.1) is 0 Å². The highest BCUT2D eigenvalue weighted by atomic mass is 16.5. The van der Waals surface area contributed by atoms with Gasteiger partial charge >= 0.3 is 0 Å². The van der Waals surface area contributed by atoms with Crippen molar-refractivity contribution in [2.75, 3.05) is 6.54 Å². The van der Waals surface area contributed by atoms with Crippen LogP contribution in [0.2, 0.25) is 0 Å². The molecule has 4 rings (SSSR count). The molecule has 1 fully saturated rings. The van der Waals surface area contributed by atoms with Gasteiger partial charge in [0.1, 0.15) is 17.7 Å². The first-order valence-corrected chi connectivity index (χ1v) is 7.92. The van der Waals surface area contributed by atoms with E-state index in [-0.39, 0.29) is 24.1 Å². The van der Waals surface area contributed by atoms with Crippen molar-refractivity contribution in [1.82, 2.24) is 20.0 Å². The van der Waals surface area contributed by atoms with Crippen molar-refractivity contribution in [2.24, 2.45) is 0 Å². The summed E-state index contributed by atoms with van der Waals surface area (Å²) in [4.78, 5) is 22.3. The van der Waals surface area contributed by atoms with Crippen LogP contribution in [0.25, 0.3) is 11.4 Å². The van der Waals surface area contributed by atoms with Crippen LogP contribution in [-0.4, -0.2) is 49.7 Å². The molecule has 8 heteroatoms. The molecule has 0 aromatic carbocycles. The predicted molar refractivity (Wildman–Crippen MR) is 85.5 cm³/mol. The zero-order chi connectivity index (χ0) is 17.4. The van der Waals surface area contributed by atoms with Gasteiger partial charge in [-0.2, -0.15) is 0 Å². The third-order valence-corrected chi connectivity index (χ3v) is 4.28.